The Balaban J connectivity index is 1.41. The van der Waals surface area contributed by atoms with Gasteiger partial charge in [0.2, 0.25) is 5.79 Å². The van der Waals surface area contributed by atoms with E-state index >= 15 is 0 Å². The predicted octanol–water partition coefficient (Wildman–Crippen LogP) is 3.66. The maximum atomic E-state index is 10.6. The number of fused-ring (bicyclic) bond motifs is 6. The summed E-state index contributed by atoms with van der Waals surface area (Å²) in [4.78, 5) is 0. The number of rotatable bonds is 1. The van der Waals surface area contributed by atoms with Gasteiger partial charge in [0.15, 0.2) is 0 Å². The smallest absolute Gasteiger partial charge is 0.223 e. The molecule has 1 N–H and O–H groups in total. The molecule has 0 aromatic heterocycles. The molecule has 2 saturated heterocycles. The van der Waals surface area contributed by atoms with Crippen LogP contribution in [0.2, 0.25) is 0 Å². The van der Waals surface area contributed by atoms with E-state index < -0.39 is 5.79 Å². The first-order valence-corrected chi connectivity index (χ1v) is 10.2. The maximum Gasteiger partial charge on any atom is 0.223 e. The molecule has 0 bridgehead atoms. The molecule has 3 heteroatoms. The molecule has 24 heavy (non-hydrogen) atoms. The van der Waals surface area contributed by atoms with Gasteiger partial charge in [-0.15, -0.1) is 0 Å². The third-order valence-corrected chi connectivity index (χ3v) is 9.66. The Hall–Kier alpha value is -0.380. The van der Waals surface area contributed by atoms with Gasteiger partial charge in [0.25, 0.3) is 0 Å². The van der Waals surface area contributed by atoms with Crippen LogP contribution in [0, 0.1) is 34.5 Å². The van der Waals surface area contributed by atoms with Crippen LogP contribution < -0.4 is 0 Å². The second-order valence-corrected chi connectivity index (χ2v) is 10.1. The molecular formula is C21H30O3. The van der Waals surface area contributed by atoms with Gasteiger partial charge in [0, 0.05) is 5.41 Å². The molecule has 0 amide bonds. The van der Waals surface area contributed by atoms with Crippen molar-refractivity contribution in [3.8, 4) is 0 Å². The molecule has 10 atom stereocenters. The predicted molar refractivity (Wildman–Crippen MR) is 90.1 cm³/mol. The lowest BCUT2D eigenvalue weighted by Crippen LogP contribution is -2.57. The van der Waals surface area contributed by atoms with E-state index in [0.29, 0.717) is 17.3 Å². The molecule has 6 aliphatic rings. The quantitative estimate of drug-likeness (QED) is 0.589. The standard InChI is InChI=1S/C21H30O3/c1-4-12-5-6-14-13-7-10-20-17(24-20)21(22)16(23-21)11-19(20,3)15(13)8-9-18(12,14)2/h7,10,12-17,22H,4-6,8-9,11H2,1-3H3/t12-,13-,14-,15-,16-,17-,18+,19+,20+,21+/m0/s1. The topological polar surface area (TPSA) is 45.3 Å². The van der Waals surface area contributed by atoms with Crippen molar-refractivity contribution in [2.45, 2.75) is 82.9 Å². The normalized spacial score (nSPS) is 68.3. The van der Waals surface area contributed by atoms with E-state index in [9.17, 15) is 5.11 Å². The summed E-state index contributed by atoms with van der Waals surface area (Å²) in [6, 6.07) is 0. The van der Waals surface area contributed by atoms with Crippen LogP contribution in [0.25, 0.3) is 0 Å². The SMILES string of the molecule is CC[C@H]1CC[C@H]2[C@@H]3C=C[C@@]45O[C@@H]4[C@]4(O)O[C@H]4C[C@]5(C)[C@H]3CC[C@]12C. The molecule has 3 saturated carbocycles. The number of aliphatic hydroxyl groups is 1. The average molecular weight is 330 g/mol. The van der Waals surface area contributed by atoms with Gasteiger partial charge in [-0.3, -0.25) is 0 Å². The minimum absolute atomic E-state index is 0.00977. The lowest BCUT2D eigenvalue weighted by atomic mass is 9.46. The largest absolute Gasteiger partial charge is 0.361 e. The van der Waals surface area contributed by atoms with Gasteiger partial charge in [-0.2, -0.15) is 0 Å². The summed E-state index contributed by atoms with van der Waals surface area (Å²) in [6.45, 7) is 7.40. The molecule has 0 radical (unpaired) electrons. The van der Waals surface area contributed by atoms with Crippen LogP contribution in [0.1, 0.15) is 59.3 Å². The third kappa shape index (κ3) is 1.35. The lowest BCUT2D eigenvalue weighted by Gasteiger charge is -2.57. The van der Waals surface area contributed by atoms with Gasteiger partial charge in [0.05, 0.1) is 0 Å². The maximum absolute atomic E-state index is 10.6. The van der Waals surface area contributed by atoms with Gasteiger partial charge >= 0.3 is 0 Å². The van der Waals surface area contributed by atoms with E-state index in [0.717, 1.165) is 18.3 Å². The fourth-order valence-corrected chi connectivity index (χ4v) is 8.14. The molecule has 132 valence electrons. The minimum Gasteiger partial charge on any atom is -0.361 e. The second-order valence-electron chi connectivity index (χ2n) is 10.1. The van der Waals surface area contributed by atoms with Crippen LogP contribution in [0.5, 0.6) is 0 Å². The molecule has 6 rings (SSSR count). The van der Waals surface area contributed by atoms with Crippen molar-refractivity contribution in [1.29, 1.82) is 0 Å². The van der Waals surface area contributed by atoms with Crippen LogP contribution in [0.3, 0.4) is 0 Å². The second kappa shape index (κ2) is 3.97. The van der Waals surface area contributed by atoms with Gasteiger partial charge < -0.3 is 14.6 Å². The zero-order chi connectivity index (χ0) is 16.5. The Morgan fingerprint density at radius 2 is 1.96 bits per heavy atom. The van der Waals surface area contributed by atoms with Crippen molar-refractivity contribution >= 4 is 0 Å². The van der Waals surface area contributed by atoms with Gasteiger partial charge in [-0.1, -0.05) is 39.3 Å². The summed E-state index contributed by atoms with van der Waals surface area (Å²) in [6.07, 6.45) is 12.5. The average Bonchev–Trinajstić information content (AvgIpc) is 3.40. The molecule has 5 fully saturated rings. The Bertz CT molecular complexity index is 645. The first-order valence-electron chi connectivity index (χ1n) is 10.2. The fourth-order valence-electron chi connectivity index (χ4n) is 8.14. The number of hydrogen-bond donors (Lipinski definition) is 1. The van der Waals surface area contributed by atoms with Crippen molar-refractivity contribution in [2.75, 3.05) is 0 Å². The van der Waals surface area contributed by atoms with Crippen molar-refractivity contribution < 1.29 is 14.6 Å². The van der Waals surface area contributed by atoms with E-state index in [1.807, 2.05) is 0 Å². The van der Waals surface area contributed by atoms with E-state index in [2.05, 4.69) is 32.9 Å². The Morgan fingerprint density at radius 3 is 2.75 bits per heavy atom. The fraction of sp³-hybridized carbons (Fsp3) is 0.905. The summed E-state index contributed by atoms with van der Waals surface area (Å²) in [5.41, 5.74) is 0.430. The molecule has 0 unspecified atom stereocenters. The molecule has 0 aromatic rings. The van der Waals surface area contributed by atoms with E-state index in [1.165, 1.54) is 32.1 Å². The third-order valence-electron chi connectivity index (χ3n) is 9.66. The minimum atomic E-state index is -0.972. The summed E-state index contributed by atoms with van der Waals surface area (Å²) in [7, 11) is 0. The monoisotopic (exact) mass is 330 g/mol. The Morgan fingerprint density at radius 1 is 1.12 bits per heavy atom. The zero-order valence-electron chi connectivity index (χ0n) is 15.1. The van der Waals surface area contributed by atoms with Crippen LogP contribution in [-0.4, -0.2) is 28.7 Å². The van der Waals surface area contributed by atoms with E-state index in [4.69, 9.17) is 9.47 Å². The molecule has 2 heterocycles. The first kappa shape index (κ1) is 14.8. The summed E-state index contributed by atoms with van der Waals surface area (Å²) in [5.74, 6) is 2.17. The van der Waals surface area contributed by atoms with Crippen molar-refractivity contribution in [2.24, 2.45) is 34.5 Å². The molecular weight excluding hydrogens is 300 g/mol. The van der Waals surface area contributed by atoms with Gasteiger partial charge in [-0.25, -0.2) is 0 Å². The van der Waals surface area contributed by atoms with Crippen LogP contribution >= 0.6 is 0 Å². The Kier molecular flexibility index (Phi) is 2.44. The first-order chi connectivity index (χ1) is 11.4. The van der Waals surface area contributed by atoms with Crippen molar-refractivity contribution in [1.82, 2.24) is 0 Å². The number of hydrogen-bond acceptors (Lipinski definition) is 3. The van der Waals surface area contributed by atoms with Gasteiger partial charge in [0.1, 0.15) is 17.8 Å². The van der Waals surface area contributed by atoms with Gasteiger partial charge in [-0.05, 0) is 61.2 Å². The molecule has 3 nitrogen and oxygen atoms in total. The highest BCUT2D eigenvalue weighted by Gasteiger charge is 2.86. The highest BCUT2D eigenvalue weighted by molar-refractivity contribution is 5.38. The molecule has 1 spiro atoms. The number of epoxide rings is 2. The highest BCUT2D eigenvalue weighted by Crippen LogP contribution is 2.75. The highest BCUT2D eigenvalue weighted by atomic mass is 16.8. The lowest BCUT2D eigenvalue weighted by molar-refractivity contribution is -0.0622. The zero-order valence-corrected chi connectivity index (χ0v) is 15.1. The van der Waals surface area contributed by atoms with Crippen LogP contribution in [0.4, 0.5) is 0 Å². The van der Waals surface area contributed by atoms with E-state index in [1.54, 1.807) is 0 Å². The molecule has 0 aromatic carbocycles. The molecule has 2 aliphatic heterocycles. The van der Waals surface area contributed by atoms with Crippen molar-refractivity contribution in [3.05, 3.63) is 12.2 Å². The number of ether oxygens (including phenoxy) is 2. The summed E-state index contributed by atoms with van der Waals surface area (Å²) in [5, 5.41) is 10.6. The Labute approximate surface area is 144 Å². The van der Waals surface area contributed by atoms with Crippen LogP contribution in [0.15, 0.2) is 12.2 Å². The molecule has 4 aliphatic carbocycles. The van der Waals surface area contributed by atoms with Crippen LogP contribution in [-0.2, 0) is 9.47 Å². The number of allylic oxidation sites excluding steroid dienone is 1. The summed E-state index contributed by atoms with van der Waals surface area (Å²) < 4.78 is 11.9. The van der Waals surface area contributed by atoms with Crippen molar-refractivity contribution in [3.63, 3.8) is 0 Å². The summed E-state index contributed by atoms with van der Waals surface area (Å²) >= 11 is 0. The van der Waals surface area contributed by atoms with E-state index in [-0.39, 0.29) is 23.2 Å².